The van der Waals surface area contributed by atoms with Gasteiger partial charge in [0, 0.05) is 42.3 Å². The Morgan fingerprint density at radius 1 is 0.970 bits per heavy atom. The lowest BCUT2D eigenvalue weighted by molar-refractivity contribution is -0.0498. The van der Waals surface area contributed by atoms with Crippen LogP contribution in [0.5, 0.6) is 5.75 Å². The average molecular weight is 456 g/mol. The lowest BCUT2D eigenvalue weighted by Crippen LogP contribution is -2.23. The van der Waals surface area contributed by atoms with Crippen molar-refractivity contribution in [3.8, 4) is 5.75 Å². The highest BCUT2D eigenvalue weighted by Gasteiger charge is 2.09. The van der Waals surface area contributed by atoms with Gasteiger partial charge in [-0.2, -0.15) is 8.78 Å². The van der Waals surface area contributed by atoms with E-state index in [1.807, 2.05) is 13.0 Å². The number of rotatable bonds is 9. The smallest absolute Gasteiger partial charge is 0.387 e. The average Bonchev–Trinajstić information content (AvgIpc) is 2.75. The van der Waals surface area contributed by atoms with Crippen LogP contribution >= 0.6 is 0 Å². The first kappa shape index (κ1) is 23.7. The summed E-state index contributed by atoms with van der Waals surface area (Å²) in [6, 6.07) is 14.2. The number of aromatic nitrogens is 2. The Bertz CT molecular complexity index is 1070. The predicted molar refractivity (Wildman–Crippen MR) is 126 cm³/mol. The molecule has 0 saturated carbocycles. The summed E-state index contributed by atoms with van der Waals surface area (Å²) in [4.78, 5) is 23.3. The van der Waals surface area contributed by atoms with Gasteiger partial charge >= 0.3 is 12.6 Å². The molecular weight excluding hydrogens is 430 g/mol. The van der Waals surface area contributed by atoms with Crippen LogP contribution in [0, 0.1) is 6.92 Å². The van der Waals surface area contributed by atoms with Crippen molar-refractivity contribution >= 4 is 34.7 Å². The van der Waals surface area contributed by atoms with Gasteiger partial charge < -0.3 is 25.6 Å². The summed E-state index contributed by atoms with van der Waals surface area (Å²) in [5, 5.41) is 8.52. The van der Waals surface area contributed by atoms with Crippen molar-refractivity contribution in [1.82, 2.24) is 9.97 Å². The molecule has 0 atom stereocenters. The van der Waals surface area contributed by atoms with Gasteiger partial charge in [-0.1, -0.05) is 6.07 Å². The number of aryl methyl sites for hydroxylation is 1. The van der Waals surface area contributed by atoms with Crippen LogP contribution in [0.15, 0.2) is 54.6 Å². The molecule has 10 heteroatoms. The molecule has 3 aromatic rings. The van der Waals surface area contributed by atoms with Gasteiger partial charge in [-0.3, -0.25) is 0 Å². The molecule has 0 bridgehead atoms. The number of nitrogens with zero attached hydrogens (tertiary/aromatic N) is 3. The Hall–Kier alpha value is -3.95. The third-order valence-corrected chi connectivity index (χ3v) is 4.64. The number of anilines is 5. The van der Waals surface area contributed by atoms with Gasteiger partial charge in [-0.05, 0) is 57.2 Å². The quantitative estimate of drug-likeness (QED) is 0.387. The van der Waals surface area contributed by atoms with Crippen molar-refractivity contribution in [2.75, 3.05) is 33.9 Å². The molecule has 33 heavy (non-hydrogen) atoms. The molecule has 3 rings (SSSR count). The maximum absolute atomic E-state index is 12.3. The summed E-state index contributed by atoms with van der Waals surface area (Å²) in [5.41, 5.74) is 1.68. The fourth-order valence-electron chi connectivity index (χ4n) is 3.15. The predicted octanol–water partition coefficient (Wildman–Crippen LogP) is 5.62. The highest BCUT2D eigenvalue weighted by atomic mass is 19.3. The molecule has 0 saturated heterocycles. The highest BCUT2D eigenvalue weighted by molar-refractivity contribution is 5.99. The number of hydrogen-bond donors (Lipinski definition) is 3. The van der Waals surface area contributed by atoms with Crippen LogP contribution in [-0.2, 0) is 0 Å². The minimum atomic E-state index is -2.93. The second kappa shape index (κ2) is 11.1. The van der Waals surface area contributed by atoms with Crippen LogP contribution in [0.2, 0.25) is 0 Å². The number of hydrogen-bond acceptors (Lipinski definition) is 6. The van der Waals surface area contributed by atoms with E-state index in [4.69, 9.17) is 0 Å². The molecule has 1 heterocycles. The number of alkyl halides is 2. The summed E-state index contributed by atoms with van der Waals surface area (Å²) in [6.07, 6.45) is 0. The largest absolute Gasteiger partial charge is 0.435 e. The van der Waals surface area contributed by atoms with Gasteiger partial charge in [0.1, 0.15) is 23.2 Å². The van der Waals surface area contributed by atoms with E-state index in [1.165, 1.54) is 18.2 Å². The molecule has 0 aliphatic rings. The van der Waals surface area contributed by atoms with E-state index < -0.39 is 12.6 Å². The first-order valence-corrected chi connectivity index (χ1v) is 10.5. The summed E-state index contributed by atoms with van der Waals surface area (Å²) in [5.74, 6) is 2.16. The molecule has 0 unspecified atom stereocenters. The van der Waals surface area contributed by atoms with Gasteiger partial charge in [0.15, 0.2) is 0 Å². The Kier molecular flexibility index (Phi) is 7.96. The molecule has 0 fully saturated rings. The zero-order chi connectivity index (χ0) is 23.8. The van der Waals surface area contributed by atoms with Crippen molar-refractivity contribution in [3.05, 3.63) is 60.4 Å². The molecule has 1 aromatic heterocycles. The fraction of sp³-hybridized carbons (Fsp3) is 0.261. The molecule has 0 aliphatic carbocycles. The number of amides is 2. The number of carbonyl (C=O) groups excluding carboxylic acids is 1. The maximum atomic E-state index is 12.3. The molecule has 0 spiro atoms. The molecular formula is C23H26F2N6O2. The topological polar surface area (TPSA) is 91.4 Å². The Morgan fingerprint density at radius 3 is 2.30 bits per heavy atom. The number of carbonyl (C=O) groups is 1. The van der Waals surface area contributed by atoms with E-state index in [0.29, 0.717) is 23.0 Å². The van der Waals surface area contributed by atoms with Crippen molar-refractivity contribution in [1.29, 1.82) is 0 Å². The van der Waals surface area contributed by atoms with Crippen molar-refractivity contribution in [2.24, 2.45) is 0 Å². The fourth-order valence-corrected chi connectivity index (χ4v) is 3.15. The number of nitrogens with one attached hydrogen (secondary N) is 3. The van der Waals surface area contributed by atoms with E-state index in [1.54, 1.807) is 30.3 Å². The highest BCUT2D eigenvalue weighted by Crippen LogP contribution is 2.22. The van der Waals surface area contributed by atoms with Gasteiger partial charge in [0.2, 0.25) is 0 Å². The first-order chi connectivity index (χ1) is 15.9. The Labute approximate surface area is 191 Å². The number of ether oxygens (including phenoxy) is 1. The van der Waals surface area contributed by atoms with Crippen LogP contribution in [0.3, 0.4) is 0 Å². The van der Waals surface area contributed by atoms with Gasteiger partial charge in [-0.25, -0.2) is 14.8 Å². The second-order valence-electron chi connectivity index (χ2n) is 7.02. The SMILES string of the molecule is CCN(CC)c1cc(Nc2ccc(NC(=O)Nc3cccc(OC(F)F)c3)cc2)nc(C)n1. The van der Waals surface area contributed by atoms with Gasteiger partial charge in [-0.15, -0.1) is 0 Å². The third-order valence-electron chi connectivity index (χ3n) is 4.64. The van der Waals surface area contributed by atoms with E-state index in [2.05, 4.69) is 49.4 Å². The minimum absolute atomic E-state index is 0.0395. The van der Waals surface area contributed by atoms with E-state index >= 15 is 0 Å². The number of halogens is 2. The zero-order valence-corrected chi connectivity index (χ0v) is 18.6. The van der Waals surface area contributed by atoms with Crippen molar-refractivity contribution in [3.63, 3.8) is 0 Å². The third kappa shape index (κ3) is 7.03. The Balaban J connectivity index is 1.61. The van der Waals surface area contributed by atoms with Crippen LogP contribution in [0.4, 0.5) is 42.3 Å². The lowest BCUT2D eigenvalue weighted by Gasteiger charge is -2.20. The van der Waals surface area contributed by atoms with E-state index in [0.717, 1.165) is 24.6 Å². The summed E-state index contributed by atoms with van der Waals surface area (Å²) < 4.78 is 29.0. The Morgan fingerprint density at radius 2 is 1.64 bits per heavy atom. The molecule has 2 amide bonds. The van der Waals surface area contributed by atoms with Crippen LogP contribution < -0.4 is 25.6 Å². The number of urea groups is 1. The summed E-state index contributed by atoms with van der Waals surface area (Å²) in [7, 11) is 0. The molecule has 174 valence electrons. The molecule has 0 radical (unpaired) electrons. The standard InChI is InChI=1S/C23H26F2N6O2/c1-4-31(5-2)21-14-20(26-15(3)27-21)28-16-9-11-17(12-10-16)29-23(32)30-18-7-6-8-19(13-18)33-22(24)25/h6-14,22H,4-5H2,1-3H3,(H,26,27,28)(H2,29,30,32). The molecule has 2 aromatic carbocycles. The van der Waals surface area contributed by atoms with E-state index in [9.17, 15) is 13.6 Å². The normalized spacial score (nSPS) is 10.6. The molecule has 0 aliphatic heterocycles. The van der Waals surface area contributed by atoms with Crippen molar-refractivity contribution in [2.45, 2.75) is 27.4 Å². The number of benzene rings is 2. The van der Waals surface area contributed by atoms with Crippen LogP contribution in [-0.4, -0.2) is 35.7 Å². The van der Waals surface area contributed by atoms with Crippen molar-refractivity contribution < 1.29 is 18.3 Å². The zero-order valence-electron chi connectivity index (χ0n) is 18.6. The summed E-state index contributed by atoms with van der Waals surface area (Å²) >= 11 is 0. The molecule has 3 N–H and O–H groups in total. The monoisotopic (exact) mass is 456 g/mol. The second-order valence-corrected chi connectivity index (χ2v) is 7.02. The maximum Gasteiger partial charge on any atom is 0.387 e. The first-order valence-electron chi connectivity index (χ1n) is 10.5. The lowest BCUT2D eigenvalue weighted by atomic mass is 10.2. The van der Waals surface area contributed by atoms with Gasteiger partial charge in [0.25, 0.3) is 0 Å². The van der Waals surface area contributed by atoms with Crippen LogP contribution in [0.1, 0.15) is 19.7 Å². The van der Waals surface area contributed by atoms with Crippen LogP contribution in [0.25, 0.3) is 0 Å². The minimum Gasteiger partial charge on any atom is -0.435 e. The van der Waals surface area contributed by atoms with E-state index in [-0.39, 0.29) is 5.75 Å². The van der Waals surface area contributed by atoms with Gasteiger partial charge in [0.05, 0.1) is 0 Å². The molecule has 8 nitrogen and oxygen atoms in total. The summed E-state index contributed by atoms with van der Waals surface area (Å²) in [6.45, 7) is 4.75.